The van der Waals surface area contributed by atoms with Gasteiger partial charge in [-0.1, -0.05) is 61.9 Å². The molecule has 2 heteroatoms. The van der Waals surface area contributed by atoms with E-state index in [0.717, 1.165) is 19.3 Å². The summed E-state index contributed by atoms with van der Waals surface area (Å²) in [5, 5.41) is 0. The number of fused-ring (bicyclic) bond motifs is 1. The zero-order valence-corrected chi connectivity index (χ0v) is 12.7. The summed E-state index contributed by atoms with van der Waals surface area (Å²) in [6.45, 7) is 2.22. The lowest BCUT2D eigenvalue weighted by atomic mass is 9.90. The van der Waals surface area contributed by atoms with Gasteiger partial charge < -0.3 is 0 Å². The van der Waals surface area contributed by atoms with Gasteiger partial charge in [-0.25, -0.2) is 0 Å². The number of rotatable bonds is 5. The molecule has 2 aromatic carbocycles. The highest BCUT2D eigenvalue weighted by Crippen LogP contribution is 2.35. The minimum atomic E-state index is 0.231. The van der Waals surface area contributed by atoms with Gasteiger partial charge in [0.05, 0.1) is 0 Å². The van der Waals surface area contributed by atoms with Gasteiger partial charge in [0.25, 0.3) is 0 Å². The summed E-state index contributed by atoms with van der Waals surface area (Å²) in [7, 11) is 0. The van der Waals surface area contributed by atoms with E-state index < -0.39 is 0 Å². The number of nitrogens with two attached hydrogens (primary N) is 1. The Morgan fingerprint density at radius 3 is 2.43 bits per heavy atom. The van der Waals surface area contributed by atoms with E-state index >= 15 is 0 Å². The van der Waals surface area contributed by atoms with Gasteiger partial charge in [0, 0.05) is 6.04 Å². The predicted molar refractivity (Wildman–Crippen MR) is 87.8 cm³/mol. The highest BCUT2D eigenvalue weighted by molar-refractivity contribution is 5.35. The molecule has 0 aliphatic heterocycles. The molecule has 1 aliphatic carbocycles. The van der Waals surface area contributed by atoms with Crippen LogP contribution in [0.5, 0.6) is 0 Å². The van der Waals surface area contributed by atoms with Gasteiger partial charge >= 0.3 is 0 Å². The van der Waals surface area contributed by atoms with Crippen LogP contribution in [0.15, 0.2) is 48.5 Å². The second-order valence-corrected chi connectivity index (χ2v) is 6.08. The summed E-state index contributed by atoms with van der Waals surface area (Å²) in [6, 6.07) is 17.9. The highest BCUT2D eigenvalue weighted by Gasteiger charge is 2.28. The van der Waals surface area contributed by atoms with E-state index in [0.29, 0.717) is 5.92 Å². The summed E-state index contributed by atoms with van der Waals surface area (Å²) >= 11 is 0. The molecule has 0 amide bonds. The first-order valence-corrected chi connectivity index (χ1v) is 7.93. The van der Waals surface area contributed by atoms with E-state index in [2.05, 4.69) is 60.9 Å². The maximum absolute atomic E-state index is 5.89. The Morgan fingerprint density at radius 2 is 1.81 bits per heavy atom. The van der Waals surface area contributed by atoms with Gasteiger partial charge in [0.1, 0.15) is 0 Å². The van der Waals surface area contributed by atoms with Gasteiger partial charge in [-0.3, -0.25) is 11.3 Å². The van der Waals surface area contributed by atoms with E-state index in [1.54, 1.807) is 0 Å². The number of hydrogen-bond acceptors (Lipinski definition) is 2. The van der Waals surface area contributed by atoms with Gasteiger partial charge in [0.15, 0.2) is 0 Å². The van der Waals surface area contributed by atoms with Crippen molar-refractivity contribution in [3.05, 3.63) is 70.8 Å². The average molecular weight is 280 g/mol. The van der Waals surface area contributed by atoms with E-state index in [9.17, 15) is 0 Å². The van der Waals surface area contributed by atoms with Crippen LogP contribution in [0.1, 0.15) is 41.6 Å². The maximum Gasteiger partial charge on any atom is 0.0494 e. The molecule has 0 spiro atoms. The van der Waals surface area contributed by atoms with Crippen LogP contribution in [0.3, 0.4) is 0 Å². The summed E-state index contributed by atoms with van der Waals surface area (Å²) < 4.78 is 0. The number of nitrogens with one attached hydrogen (secondary N) is 1. The third-order valence-electron chi connectivity index (χ3n) is 4.58. The zero-order valence-electron chi connectivity index (χ0n) is 12.7. The van der Waals surface area contributed by atoms with E-state index in [1.807, 2.05) is 0 Å². The maximum atomic E-state index is 5.89. The Labute approximate surface area is 127 Å². The van der Waals surface area contributed by atoms with Crippen LogP contribution >= 0.6 is 0 Å². The Balaban J connectivity index is 1.82. The van der Waals surface area contributed by atoms with Crippen LogP contribution < -0.4 is 11.3 Å². The second kappa shape index (κ2) is 6.42. The van der Waals surface area contributed by atoms with Gasteiger partial charge in [0.2, 0.25) is 0 Å². The van der Waals surface area contributed by atoms with Crippen molar-refractivity contribution in [3.63, 3.8) is 0 Å². The van der Waals surface area contributed by atoms with Crippen LogP contribution in [0.25, 0.3) is 0 Å². The molecule has 3 N–H and O–H groups in total. The van der Waals surface area contributed by atoms with E-state index in [-0.39, 0.29) is 6.04 Å². The number of hydrogen-bond donors (Lipinski definition) is 2. The Kier molecular flexibility index (Phi) is 4.37. The molecular formula is C19H24N2. The van der Waals surface area contributed by atoms with E-state index in [4.69, 9.17) is 5.84 Å². The fourth-order valence-corrected chi connectivity index (χ4v) is 3.56. The molecule has 21 heavy (non-hydrogen) atoms. The molecule has 2 nitrogen and oxygen atoms in total. The zero-order chi connectivity index (χ0) is 14.7. The van der Waals surface area contributed by atoms with E-state index in [1.165, 1.54) is 28.7 Å². The summed E-state index contributed by atoms with van der Waals surface area (Å²) in [5.41, 5.74) is 8.75. The smallest absolute Gasteiger partial charge is 0.0494 e. The normalized spacial score (nSPS) is 15.9. The van der Waals surface area contributed by atoms with Crippen molar-refractivity contribution in [2.75, 3.05) is 0 Å². The van der Waals surface area contributed by atoms with Gasteiger partial charge in [-0.05, 0) is 47.4 Å². The second-order valence-electron chi connectivity index (χ2n) is 6.08. The fraction of sp³-hybridized carbons (Fsp3) is 0.368. The first-order valence-electron chi connectivity index (χ1n) is 7.93. The molecule has 1 aliphatic rings. The molecule has 3 rings (SSSR count). The fourth-order valence-electron chi connectivity index (χ4n) is 3.56. The first-order chi connectivity index (χ1) is 10.3. The highest BCUT2D eigenvalue weighted by atomic mass is 15.2. The Hall–Kier alpha value is -1.64. The molecule has 110 valence electrons. The quantitative estimate of drug-likeness (QED) is 0.649. The molecule has 0 fully saturated rings. The summed E-state index contributed by atoms with van der Waals surface area (Å²) in [4.78, 5) is 0. The van der Waals surface area contributed by atoms with Crippen LogP contribution in [-0.2, 0) is 19.3 Å². The minimum Gasteiger partial charge on any atom is -0.271 e. The molecule has 0 saturated heterocycles. The standard InChI is InChI=1S/C19H24N2/c1-2-6-14-7-5-10-17(11-14)19(21-20)18-12-15-8-3-4-9-16(15)13-18/h3-5,7-11,18-19,21H,2,6,12-13,20H2,1H3. The number of benzene rings is 2. The van der Waals surface area contributed by atoms with Crippen LogP contribution in [0.2, 0.25) is 0 Å². The number of aryl methyl sites for hydroxylation is 1. The molecule has 2 aromatic rings. The molecule has 0 aromatic heterocycles. The summed E-state index contributed by atoms with van der Waals surface area (Å²) in [6.07, 6.45) is 4.54. The minimum absolute atomic E-state index is 0.231. The van der Waals surface area contributed by atoms with Crippen LogP contribution in [-0.4, -0.2) is 0 Å². The average Bonchev–Trinajstić information content (AvgIpc) is 2.92. The first kappa shape index (κ1) is 14.3. The van der Waals surface area contributed by atoms with Crippen molar-refractivity contribution in [2.45, 2.75) is 38.6 Å². The van der Waals surface area contributed by atoms with Gasteiger partial charge in [-0.15, -0.1) is 0 Å². The van der Waals surface area contributed by atoms with Gasteiger partial charge in [-0.2, -0.15) is 0 Å². The number of hydrazine groups is 1. The SMILES string of the molecule is CCCc1cccc(C(NN)C2Cc3ccccc3C2)c1. The van der Waals surface area contributed by atoms with Crippen LogP contribution in [0.4, 0.5) is 0 Å². The largest absolute Gasteiger partial charge is 0.271 e. The molecule has 1 atom stereocenters. The Bertz CT molecular complexity index is 581. The predicted octanol–water partition coefficient (Wildman–Crippen LogP) is 3.56. The van der Waals surface area contributed by atoms with Crippen molar-refractivity contribution in [1.82, 2.24) is 5.43 Å². The lowest BCUT2D eigenvalue weighted by molar-refractivity contribution is 0.379. The van der Waals surface area contributed by atoms with Crippen molar-refractivity contribution in [2.24, 2.45) is 11.8 Å². The lowest BCUT2D eigenvalue weighted by Crippen LogP contribution is -2.34. The summed E-state index contributed by atoms with van der Waals surface area (Å²) in [5.74, 6) is 6.44. The topological polar surface area (TPSA) is 38.0 Å². The molecule has 0 saturated carbocycles. The van der Waals surface area contributed by atoms with Crippen LogP contribution in [0, 0.1) is 5.92 Å². The monoisotopic (exact) mass is 280 g/mol. The van der Waals surface area contributed by atoms with Crippen molar-refractivity contribution >= 4 is 0 Å². The van der Waals surface area contributed by atoms with Crippen molar-refractivity contribution in [1.29, 1.82) is 0 Å². The Morgan fingerprint density at radius 1 is 1.10 bits per heavy atom. The van der Waals surface area contributed by atoms with Crippen molar-refractivity contribution < 1.29 is 0 Å². The third kappa shape index (κ3) is 3.02. The molecule has 0 heterocycles. The molecule has 0 bridgehead atoms. The lowest BCUT2D eigenvalue weighted by Gasteiger charge is -2.23. The molecular weight excluding hydrogens is 256 g/mol. The molecule has 1 unspecified atom stereocenters. The third-order valence-corrected chi connectivity index (χ3v) is 4.58. The molecule has 0 radical (unpaired) electrons. The van der Waals surface area contributed by atoms with Crippen molar-refractivity contribution in [3.8, 4) is 0 Å².